The molecule has 1 aromatic carbocycles. The summed E-state index contributed by atoms with van der Waals surface area (Å²) in [4.78, 5) is 0. The number of aromatic amines is 1. The SMILES string of the molecule is CC1Cn2c(-c3ccn[nH]3)nnc2-c2nnc(-c3cccc(C(F)(F)F)c3Cl)n21. The molecule has 0 amide bonds. The van der Waals surface area contributed by atoms with Crippen molar-refractivity contribution in [3.63, 3.8) is 0 Å². The van der Waals surface area contributed by atoms with Crippen molar-refractivity contribution in [2.24, 2.45) is 0 Å². The summed E-state index contributed by atoms with van der Waals surface area (Å²) >= 11 is 6.10. The number of halogens is 4. The van der Waals surface area contributed by atoms with Gasteiger partial charge in [-0.2, -0.15) is 18.3 Å². The van der Waals surface area contributed by atoms with Gasteiger partial charge in [-0.3, -0.25) is 9.67 Å². The van der Waals surface area contributed by atoms with Gasteiger partial charge in [0.25, 0.3) is 0 Å². The van der Waals surface area contributed by atoms with E-state index in [4.69, 9.17) is 11.6 Å². The molecule has 12 heteroatoms. The van der Waals surface area contributed by atoms with E-state index >= 15 is 0 Å². The van der Waals surface area contributed by atoms with Gasteiger partial charge in [0.05, 0.1) is 16.6 Å². The number of aromatic nitrogens is 8. The summed E-state index contributed by atoms with van der Waals surface area (Å²) in [6.07, 6.45) is -2.96. The lowest BCUT2D eigenvalue weighted by Crippen LogP contribution is -2.22. The lowest BCUT2D eigenvalue weighted by Gasteiger charge is -2.25. The first-order valence-corrected chi connectivity index (χ1v) is 8.98. The number of nitrogens with zero attached hydrogens (tertiary/aromatic N) is 7. The molecule has 1 aliphatic rings. The monoisotopic (exact) mass is 420 g/mol. The Labute approximate surface area is 166 Å². The van der Waals surface area contributed by atoms with E-state index in [0.717, 1.165) is 6.07 Å². The van der Waals surface area contributed by atoms with Gasteiger partial charge in [0.15, 0.2) is 11.6 Å². The highest BCUT2D eigenvalue weighted by atomic mass is 35.5. The Bertz CT molecular complexity index is 1210. The highest BCUT2D eigenvalue weighted by molar-refractivity contribution is 6.34. The number of alkyl halides is 3. The molecule has 29 heavy (non-hydrogen) atoms. The van der Waals surface area contributed by atoms with Crippen LogP contribution in [-0.2, 0) is 12.7 Å². The molecule has 0 bridgehead atoms. The van der Waals surface area contributed by atoms with Gasteiger partial charge < -0.3 is 4.57 Å². The van der Waals surface area contributed by atoms with Crippen LogP contribution in [0.4, 0.5) is 13.2 Å². The first kappa shape index (κ1) is 17.9. The van der Waals surface area contributed by atoms with Gasteiger partial charge >= 0.3 is 6.18 Å². The second-order valence-corrected chi connectivity index (χ2v) is 7.04. The first-order chi connectivity index (χ1) is 13.9. The van der Waals surface area contributed by atoms with Gasteiger partial charge in [0, 0.05) is 18.3 Å². The van der Waals surface area contributed by atoms with Crippen molar-refractivity contribution < 1.29 is 13.2 Å². The number of hydrogen-bond acceptors (Lipinski definition) is 5. The van der Waals surface area contributed by atoms with Crippen molar-refractivity contribution in [1.29, 1.82) is 0 Å². The standard InChI is InChI=1S/C17H12ClF3N8/c1-8-7-28-14(11-5-6-22-23-11)25-26-15(28)16-27-24-13(29(8)16)9-3-2-4-10(12(9)18)17(19,20)21/h2-6,8H,7H2,1H3,(H,22,23). The van der Waals surface area contributed by atoms with Crippen molar-refractivity contribution in [2.75, 3.05) is 0 Å². The van der Waals surface area contributed by atoms with E-state index in [1.54, 1.807) is 16.8 Å². The summed E-state index contributed by atoms with van der Waals surface area (Å²) in [5, 5.41) is 23.1. The van der Waals surface area contributed by atoms with Crippen LogP contribution in [0.1, 0.15) is 18.5 Å². The van der Waals surface area contributed by atoms with Crippen LogP contribution in [-0.4, -0.2) is 39.7 Å². The summed E-state index contributed by atoms with van der Waals surface area (Å²) in [6, 6.07) is 5.34. The van der Waals surface area contributed by atoms with Crippen molar-refractivity contribution in [1.82, 2.24) is 39.7 Å². The normalized spacial score (nSPS) is 16.0. The molecule has 0 saturated heterocycles. The number of hydrogen-bond donors (Lipinski definition) is 1. The van der Waals surface area contributed by atoms with Crippen molar-refractivity contribution in [3.8, 4) is 34.6 Å². The molecule has 1 aliphatic heterocycles. The molecule has 0 spiro atoms. The molecule has 1 unspecified atom stereocenters. The van der Waals surface area contributed by atoms with Crippen LogP contribution in [0.3, 0.4) is 0 Å². The molecule has 8 nitrogen and oxygen atoms in total. The van der Waals surface area contributed by atoms with E-state index in [0.29, 0.717) is 29.7 Å². The molecule has 1 N–H and O–H groups in total. The highest BCUT2D eigenvalue weighted by Crippen LogP contribution is 2.41. The van der Waals surface area contributed by atoms with Crippen molar-refractivity contribution >= 4 is 11.6 Å². The number of H-pyrrole nitrogens is 1. The first-order valence-electron chi connectivity index (χ1n) is 8.60. The maximum Gasteiger partial charge on any atom is 0.417 e. The zero-order valence-corrected chi connectivity index (χ0v) is 15.6. The molecule has 5 rings (SSSR count). The Morgan fingerprint density at radius 1 is 1.03 bits per heavy atom. The number of rotatable bonds is 2. The molecule has 0 radical (unpaired) electrons. The third-order valence-corrected chi connectivity index (χ3v) is 5.23. The molecular weight excluding hydrogens is 409 g/mol. The second-order valence-electron chi connectivity index (χ2n) is 6.66. The maximum atomic E-state index is 13.3. The molecule has 3 aromatic heterocycles. The van der Waals surface area contributed by atoms with Gasteiger partial charge in [-0.25, -0.2) is 0 Å². The predicted molar refractivity (Wildman–Crippen MR) is 96.8 cm³/mol. The average Bonchev–Trinajstić information content (AvgIpc) is 3.39. The predicted octanol–water partition coefficient (Wildman–Crippen LogP) is 3.84. The summed E-state index contributed by atoms with van der Waals surface area (Å²) in [5.41, 5.74) is -0.0545. The van der Waals surface area contributed by atoms with Crippen LogP contribution in [0, 0.1) is 0 Å². The van der Waals surface area contributed by atoms with Gasteiger partial charge in [-0.15, -0.1) is 20.4 Å². The topological polar surface area (TPSA) is 90.1 Å². The molecular formula is C17H12ClF3N8. The summed E-state index contributed by atoms with van der Waals surface area (Å²) in [5.74, 6) is 1.72. The molecule has 1 atom stereocenters. The Balaban J connectivity index is 1.67. The summed E-state index contributed by atoms with van der Waals surface area (Å²) in [6.45, 7) is 2.39. The van der Waals surface area contributed by atoms with E-state index in [-0.39, 0.29) is 17.4 Å². The zero-order valence-electron chi connectivity index (χ0n) is 14.8. The number of benzene rings is 1. The van der Waals surface area contributed by atoms with Crippen molar-refractivity contribution in [2.45, 2.75) is 25.7 Å². The Hall–Kier alpha value is -3.21. The Kier molecular flexibility index (Phi) is 3.78. The van der Waals surface area contributed by atoms with Gasteiger partial charge in [0.1, 0.15) is 5.69 Å². The zero-order chi connectivity index (χ0) is 20.3. The fourth-order valence-electron chi connectivity index (χ4n) is 3.54. The molecule has 4 heterocycles. The summed E-state index contributed by atoms with van der Waals surface area (Å²) < 4.78 is 43.4. The highest BCUT2D eigenvalue weighted by Gasteiger charge is 2.36. The molecule has 0 aliphatic carbocycles. The Morgan fingerprint density at radius 3 is 2.48 bits per heavy atom. The average molecular weight is 421 g/mol. The molecule has 0 fully saturated rings. The minimum atomic E-state index is -4.57. The largest absolute Gasteiger partial charge is 0.417 e. The Morgan fingerprint density at radius 2 is 1.76 bits per heavy atom. The van der Waals surface area contributed by atoms with E-state index in [1.807, 2.05) is 11.5 Å². The molecule has 0 saturated carbocycles. The minimum absolute atomic E-state index is 0.161. The van der Waals surface area contributed by atoms with E-state index < -0.39 is 16.8 Å². The van der Waals surface area contributed by atoms with Crippen LogP contribution in [0.25, 0.3) is 34.6 Å². The smallest absolute Gasteiger partial charge is 0.301 e. The number of nitrogens with one attached hydrogen (secondary N) is 1. The van der Waals surface area contributed by atoms with Crippen LogP contribution in [0.2, 0.25) is 5.02 Å². The maximum absolute atomic E-state index is 13.3. The number of fused-ring (bicyclic) bond motifs is 3. The van der Waals surface area contributed by atoms with E-state index in [1.165, 1.54) is 12.1 Å². The van der Waals surface area contributed by atoms with E-state index in [2.05, 4.69) is 30.6 Å². The fourth-order valence-corrected chi connectivity index (χ4v) is 3.85. The van der Waals surface area contributed by atoms with Crippen LogP contribution in [0.15, 0.2) is 30.5 Å². The van der Waals surface area contributed by atoms with Crippen LogP contribution in [0.5, 0.6) is 0 Å². The third-order valence-electron chi connectivity index (χ3n) is 4.82. The third kappa shape index (κ3) is 2.64. The van der Waals surface area contributed by atoms with Crippen molar-refractivity contribution in [3.05, 3.63) is 41.0 Å². The summed E-state index contributed by atoms with van der Waals surface area (Å²) in [7, 11) is 0. The fraction of sp³-hybridized carbons (Fsp3) is 0.235. The van der Waals surface area contributed by atoms with E-state index in [9.17, 15) is 13.2 Å². The minimum Gasteiger partial charge on any atom is -0.301 e. The van der Waals surface area contributed by atoms with Gasteiger partial charge in [0.2, 0.25) is 11.6 Å². The lowest BCUT2D eigenvalue weighted by molar-refractivity contribution is -0.137. The quantitative estimate of drug-likeness (QED) is 0.532. The molecule has 4 aromatic rings. The van der Waals surface area contributed by atoms with Crippen LogP contribution < -0.4 is 0 Å². The van der Waals surface area contributed by atoms with Gasteiger partial charge in [-0.1, -0.05) is 17.7 Å². The van der Waals surface area contributed by atoms with Gasteiger partial charge in [-0.05, 0) is 25.1 Å². The molecule has 148 valence electrons. The lowest BCUT2D eigenvalue weighted by atomic mass is 10.1. The second kappa shape index (κ2) is 6.14. The van der Waals surface area contributed by atoms with Crippen LogP contribution >= 0.6 is 11.6 Å².